The molecule has 0 aromatic carbocycles. The smallest absolute Gasteiger partial charge is 0.209 e. The van der Waals surface area contributed by atoms with E-state index in [-0.39, 0.29) is 11.8 Å². The lowest BCUT2D eigenvalue weighted by atomic mass is 10.3. The maximum atomic E-state index is 10.7. The zero-order valence-electron chi connectivity index (χ0n) is 10.3. The van der Waals surface area contributed by atoms with Crippen LogP contribution in [0.2, 0.25) is 0 Å². The molecule has 0 radical (unpaired) electrons. The second kappa shape index (κ2) is 6.13. The van der Waals surface area contributed by atoms with Crippen molar-refractivity contribution in [2.75, 3.05) is 12.3 Å². The Morgan fingerprint density at radius 2 is 2.29 bits per heavy atom. The van der Waals surface area contributed by atoms with Crippen LogP contribution in [0.25, 0.3) is 0 Å². The molecular weight excluding hydrogens is 240 g/mol. The first-order valence-electron chi connectivity index (χ1n) is 5.60. The van der Waals surface area contributed by atoms with E-state index in [0.29, 0.717) is 13.0 Å². The summed E-state index contributed by atoms with van der Waals surface area (Å²) in [4.78, 5) is 0. The minimum absolute atomic E-state index is 0.0214. The monoisotopic (exact) mass is 260 g/mol. The normalized spacial score (nSPS) is 13.8. The molecular formula is C10H20N4O2S. The van der Waals surface area contributed by atoms with E-state index in [2.05, 4.69) is 10.4 Å². The summed E-state index contributed by atoms with van der Waals surface area (Å²) in [5, 5.41) is 12.3. The van der Waals surface area contributed by atoms with E-state index in [4.69, 9.17) is 5.14 Å². The molecule has 1 atom stereocenters. The highest BCUT2D eigenvalue weighted by molar-refractivity contribution is 7.89. The Bertz CT molecular complexity index is 441. The molecule has 0 unspecified atom stereocenters. The van der Waals surface area contributed by atoms with Gasteiger partial charge in [0, 0.05) is 12.2 Å². The van der Waals surface area contributed by atoms with Crippen molar-refractivity contribution in [1.82, 2.24) is 15.1 Å². The second-order valence-corrected chi connectivity index (χ2v) is 6.05. The van der Waals surface area contributed by atoms with Crippen molar-refractivity contribution < 1.29 is 8.42 Å². The Morgan fingerprint density at radius 1 is 1.59 bits per heavy atom. The van der Waals surface area contributed by atoms with Crippen LogP contribution in [0, 0.1) is 6.92 Å². The Labute approximate surface area is 102 Å². The second-order valence-electron chi connectivity index (χ2n) is 4.32. The van der Waals surface area contributed by atoms with Gasteiger partial charge in [0.25, 0.3) is 0 Å². The number of nitrogens with zero attached hydrogens (tertiary/aromatic N) is 2. The molecule has 0 saturated heterocycles. The summed E-state index contributed by atoms with van der Waals surface area (Å²) >= 11 is 0. The fourth-order valence-corrected chi connectivity index (χ4v) is 2.08. The summed E-state index contributed by atoms with van der Waals surface area (Å²) in [6.45, 7) is 5.43. The number of nitrogens with two attached hydrogens (primary N) is 1. The summed E-state index contributed by atoms with van der Waals surface area (Å²) in [7, 11) is -3.34. The van der Waals surface area contributed by atoms with Gasteiger partial charge in [-0.25, -0.2) is 13.6 Å². The van der Waals surface area contributed by atoms with Gasteiger partial charge in [-0.1, -0.05) is 0 Å². The van der Waals surface area contributed by atoms with Crippen molar-refractivity contribution in [3.05, 3.63) is 18.0 Å². The minimum atomic E-state index is -3.34. The molecule has 0 aliphatic rings. The van der Waals surface area contributed by atoms with Gasteiger partial charge in [-0.2, -0.15) is 5.10 Å². The highest BCUT2D eigenvalue weighted by Gasteiger charge is 2.05. The van der Waals surface area contributed by atoms with Crippen LogP contribution in [0.4, 0.5) is 0 Å². The van der Waals surface area contributed by atoms with Crippen molar-refractivity contribution in [3.8, 4) is 0 Å². The maximum Gasteiger partial charge on any atom is 0.209 e. The standard InChI is InChI=1S/C10H20N4O2S/c1-9-6-13-14(7-9)8-10(2)12-4-3-5-17(11,15)16/h6-7,10,12H,3-5,8H2,1-2H3,(H2,11,15,16)/t10-/m1/s1. The van der Waals surface area contributed by atoms with Gasteiger partial charge in [0.1, 0.15) is 0 Å². The molecule has 1 heterocycles. The van der Waals surface area contributed by atoms with Crippen molar-refractivity contribution in [2.24, 2.45) is 5.14 Å². The largest absolute Gasteiger partial charge is 0.312 e. The van der Waals surface area contributed by atoms with Gasteiger partial charge in [0.05, 0.1) is 18.5 Å². The number of aromatic nitrogens is 2. The van der Waals surface area contributed by atoms with Gasteiger partial charge >= 0.3 is 0 Å². The molecule has 0 bridgehead atoms. The van der Waals surface area contributed by atoms with E-state index >= 15 is 0 Å². The third kappa shape index (κ3) is 6.40. The minimum Gasteiger partial charge on any atom is -0.312 e. The SMILES string of the molecule is Cc1cnn(C[C@@H](C)NCCCS(N)(=O)=O)c1. The third-order valence-corrected chi connectivity index (χ3v) is 3.18. The van der Waals surface area contributed by atoms with Crippen LogP contribution in [0.5, 0.6) is 0 Å². The van der Waals surface area contributed by atoms with Crippen LogP contribution in [0.3, 0.4) is 0 Å². The van der Waals surface area contributed by atoms with Gasteiger partial charge in [0.15, 0.2) is 0 Å². The molecule has 0 amide bonds. The van der Waals surface area contributed by atoms with E-state index in [1.165, 1.54) is 0 Å². The molecule has 0 aliphatic carbocycles. The lowest BCUT2D eigenvalue weighted by molar-refractivity contribution is 0.451. The highest BCUT2D eigenvalue weighted by Crippen LogP contribution is 1.96. The Balaban J connectivity index is 2.20. The summed E-state index contributed by atoms with van der Waals surface area (Å²) in [6, 6.07) is 0.245. The van der Waals surface area contributed by atoms with Crippen molar-refractivity contribution >= 4 is 10.0 Å². The Hall–Kier alpha value is -0.920. The number of nitrogens with one attached hydrogen (secondary N) is 1. The van der Waals surface area contributed by atoms with E-state index in [1.54, 1.807) is 0 Å². The first-order valence-corrected chi connectivity index (χ1v) is 7.31. The van der Waals surface area contributed by atoms with E-state index < -0.39 is 10.0 Å². The molecule has 7 heteroatoms. The van der Waals surface area contributed by atoms with Gasteiger partial charge in [-0.3, -0.25) is 4.68 Å². The maximum absolute atomic E-state index is 10.7. The summed E-state index contributed by atoms with van der Waals surface area (Å²) in [5.41, 5.74) is 1.13. The molecule has 1 aromatic heterocycles. The molecule has 17 heavy (non-hydrogen) atoms. The topological polar surface area (TPSA) is 90.0 Å². The number of primary sulfonamides is 1. The Morgan fingerprint density at radius 3 is 2.82 bits per heavy atom. The summed E-state index contributed by atoms with van der Waals surface area (Å²) < 4.78 is 23.3. The molecule has 0 spiro atoms. The molecule has 1 rings (SSSR count). The molecule has 0 fully saturated rings. The molecule has 6 nitrogen and oxygen atoms in total. The predicted molar refractivity (Wildman–Crippen MR) is 67.0 cm³/mol. The predicted octanol–water partition coefficient (Wildman–Crippen LogP) is -0.152. The third-order valence-electron chi connectivity index (χ3n) is 2.32. The number of sulfonamides is 1. The van der Waals surface area contributed by atoms with Gasteiger partial charge < -0.3 is 5.32 Å². The van der Waals surface area contributed by atoms with Crippen LogP contribution >= 0.6 is 0 Å². The van der Waals surface area contributed by atoms with Crippen molar-refractivity contribution in [3.63, 3.8) is 0 Å². The summed E-state index contributed by atoms with van der Waals surface area (Å²) in [6.07, 6.45) is 4.32. The average molecular weight is 260 g/mol. The van der Waals surface area contributed by atoms with Crippen LogP contribution < -0.4 is 10.5 Å². The zero-order valence-corrected chi connectivity index (χ0v) is 11.1. The number of rotatable bonds is 7. The molecule has 0 saturated carbocycles. The highest BCUT2D eigenvalue weighted by atomic mass is 32.2. The molecule has 3 N–H and O–H groups in total. The van der Waals surface area contributed by atoms with Crippen LogP contribution in [-0.2, 0) is 16.6 Å². The number of hydrogen-bond acceptors (Lipinski definition) is 4. The zero-order chi connectivity index (χ0) is 12.9. The lowest BCUT2D eigenvalue weighted by Crippen LogP contribution is -2.32. The number of aryl methyl sites for hydroxylation is 1. The average Bonchev–Trinajstić information content (AvgIpc) is 2.57. The van der Waals surface area contributed by atoms with E-state index in [1.807, 2.05) is 30.9 Å². The lowest BCUT2D eigenvalue weighted by Gasteiger charge is -2.13. The fourth-order valence-electron chi connectivity index (χ4n) is 1.53. The first-order chi connectivity index (χ1) is 7.87. The Kier molecular flexibility index (Phi) is 5.10. The first kappa shape index (κ1) is 14.1. The fraction of sp³-hybridized carbons (Fsp3) is 0.700. The number of hydrogen-bond donors (Lipinski definition) is 2. The summed E-state index contributed by atoms with van der Waals surface area (Å²) in [5.74, 6) is 0.0214. The van der Waals surface area contributed by atoms with Crippen LogP contribution in [-0.4, -0.2) is 36.5 Å². The molecule has 0 aliphatic heterocycles. The molecule has 1 aromatic rings. The van der Waals surface area contributed by atoms with Gasteiger partial charge in [-0.15, -0.1) is 0 Å². The van der Waals surface area contributed by atoms with Gasteiger partial charge in [0.2, 0.25) is 10.0 Å². The molecule has 98 valence electrons. The van der Waals surface area contributed by atoms with E-state index in [9.17, 15) is 8.42 Å². The quantitative estimate of drug-likeness (QED) is 0.667. The van der Waals surface area contributed by atoms with Crippen LogP contribution in [0.1, 0.15) is 18.9 Å². The van der Waals surface area contributed by atoms with Crippen LogP contribution in [0.15, 0.2) is 12.4 Å². The van der Waals surface area contributed by atoms with Crippen molar-refractivity contribution in [1.29, 1.82) is 0 Å². The van der Waals surface area contributed by atoms with E-state index in [0.717, 1.165) is 12.1 Å². The van der Waals surface area contributed by atoms with Gasteiger partial charge in [-0.05, 0) is 32.4 Å². The van der Waals surface area contributed by atoms with Crippen molar-refractivity contribution in [2.45, 2.75) is 32.9 Å².